The summed E-state index contributed by atoms with van der Waals surface area (Å²) in [6.45, 7) is 0.914. The number of nitrogens with zero attached hydrogens (tertiary/aromatic N) is 1. The fourth-order valence-electron chi connectivity index (χ4n) is 3.49. The number of hydrogen-bond acceptors (Lipinski definition) is 6. The standard InChI is InChI=1S/C22H20FN3O3S/c23-15-8-6-13(7-9-15)20-19(18(27)12-16-4-2-10-25-16)26-21(30-20)14-3-1-5-17(11-14)29-22(24)28/h1,3,5-9,11,16,25H,2,4,10,12H2,(H2,24,28). The van der Waals surface area contributed by atoms with Crippen molar-refractivity contribution in [1.29, 1.82) is 0 Å². The molecule has 6 nitrogen and oxygen atoms in total. The van der Waals surface area contributed by atoms with Crippen LogP contribution in [0.1, 0.15) is 29.8 Å². The minimum atomic E-state index is -0.904. The Morgan fingerprint density at radius 1 is 1.20 bits per heavy atom. The number of halogens is 1. The van der Waals surface area contributed by atoms with Gasteiger partial charge in [0.15, 0.2) is 5.78 Å². The Hall–Kier alpha value is -3.10. The van der Waals surface area contributed by atoms with E-state index < -0.39 is 6.09 Å². The molecule has 2 heterocycles. The van der Waals surface area contributed by atoms with Crippen LogP contribution in [0.3, 0.4) is 0 Å². The number of nitrogens with one attached hydrogen (secondary N) is 1. The number of rotatable bonds is 6. The van der Waals surface area contributed by atoms with Crippen molar-refractivity contribution in [3.63, 3.8) is 0 Å². The maximum Gasteiger partial charge on any atom is 0.409 e. The van der Waals surface area contributed by atoms with Crippen molar-refractivity contribution in [2.45, 2.75) is 25.3 Å². The molecule has 3 aromatic rings. The summed E-state index contributed by atoms with van der Waals surface area (Å²) in [5.74, 6) is -0.106. The van der Waals surface area contributed by atoms with Crippen LogP contribution in [0.2, 0.25) is 0 Å². The average Bonchev–Trinajstić information content (AvgIpc) is 3.38. The van der Waals surface area contributed by atoms with Crippen molar-refractivity contribution < 1.29 is 18.7 Å². The highest BCUT2D eigenvalue weighted by atomic mass is 32.1. The maximum absolute atomic E-state index is 13.4. The van der Waals surface area contributed by atoms with Crippen LogP contribution in [0.15, 0.2) is 48.5 Å². The second kappa shape index (κ2) is 8.73. The van der Waals surface area contributed by atoms with E-state index in [-0.39, 0.29) is 17.6 Å². The average molecular weight is 425 g/mol. The summed E-state index contributed by atoms with van der Waals surface area (Å²) in [5, 5.41) is 3.94. The summed E-state index contributed by atoms with van der Waals surface area (Å²) in [6.07, 6.45) is 1.47. The second-order valence-electron chi connectivity index (χ2n) is 7.07. The van der Waals surface area contributed by atoms with E-state index in [9.17, 15) is 14.0 Å². The van der Waals surface area contributed by atoms with E-state index in [1.165, 1.54) is 23.5 Å². The van der Waals surface area contributed by atoms with Crippen LogP contribution >= 0.6 is 11.3 Å². The van der Waals surface area contributed by atoms with Gasteiger partial charge in [0.2, 0.25) is 0 Å². The molecule has 1 unspecified atom stereocenters. The summed E-state index contributed by atoms with van der Waals surface area (Å²) >= 11 is 1.34. The third kappa shape index (κ3) is 4.55. The van der Waals surface area contributed by atoms with Gasteiger partial charge in [-0.05, 0) is 49.2 Å². The fraction of sp³-hybridized carbons (Fsp3) is 0.227. The molecule has 154 valence electrons. The molecule has 0 saturated carbocycles. The number of Topliss-reactive ketones (excluding diaryl/α,β-unsaturated/α-hetero) is 1. The van der Waals surface area contributed by atoms with Gasteiger partial charge in [0.25, 0.3) is 0 Å². The zero-order valence-corrected chi connectivity index (χ0v) is 16.9. The van der Waals surface area contributed by atoms with E-state index in [0.717, 1.165) is 24.9 Å². The predicted molar refractivity (Wildman–Crippen MR) is 113 cm³/mol. The van der Waals surface area contributed by atoms with Gasteiger partial charge in [-0.1, -0.05) is 24.3 Å². The lowest BCUT2D eigenvalue weighted by Gasteiger charge is -2.08. The molecule has 30 heavy (non-hydrogen) atoms. The van der Waals surface area contributed by atoms with Crippen molar-refractivity contribution >= 4 is 23.2 Å². The number of primary amides is 1. The van der Waals surface area contributed by atoms with Gasteiger partial charge in [0.05, 0.1) is 4.88 Å². The molecule has 1 amide bonds. The van der Waals surface area contributed by atoms with E-state index in [2.05, 4.69) is 10.3 Å². The second-order valence-corrected chi connectivity index (χ2v) is 8.07. The molecule has 0 aliphatic carbocycles. The van der Waals surface area contributed by atoms with Crippen LogP contribution in [0.5, 0.6) is 5.75 Å². The number of thiazole rings is 1. The largest absolute Gasteiger partial charge is 0.410 e. The van der Waals surface area contributed by atoms with Crippen molar-refractivity contribution in [3.05, 3.63) is 60.0 Å². The Morgan fingerprint density at radius 3 is 2.70 bits per heavy atom. The maximum atomic E-state index is 13.4. The summed E-state index contributed by atoms with van der Waals surface area (Å²) in [7, 11) is 0. The van der Waals surface area contributed by atoms with Crippen LogP contribution in [-0.4, -0.2) is 29.4 Å². The van der Waals surface area contributed by atoms with Gasteiger partial charge in [0.1, 0.15) is 22.3 Å². The summed E-state index contributed by atoms with van der Waals surface area (Å²) in [5.41, 5.74) is 6.89. The van der Waals surface area contributed by atoms with Crippen LogP contribution in [0, 0.1) is 5.82 Å². The Kier molecular flexibility index (Phi) is 5.87. The van der Waals surface area contributed by atoms with E-state index in [4.69, 9.17) is 10.5 Å². The van der Waals surface area contributed by atoms with Crippen LogP contribution in [0.4, 0.5) is 9.18 Å². The molecular formula is C22H20FN3O3S. The molecule has 1 aliphatic rings. The summed E-state index contributed by atoms with van der Waals surface area (Å²) in [4.78, 5) is 29.4. The molecular weight excluding hydrogens is 405 g/mol. The van der Waals surface area contributed by atoms with Gasteiger partial charge in [-0.25, -0.2) is 14.2 Å². The van der Waals surface area contributed by atoms with Crippen molar-refractivity contribution in [1.82, 2.24) is 10.3 Å². The Balaban J connectivity index is 1.72. The molecule has 1 fully saturated rings. The fourth-order valence-corrected chi connectivity index (χ4v) is 4.57. The number of nitrogens with two attached hydrogens (primary N) is 1. The monoisotopic (exact) mass is 425 g/mol. The lowest BCUT2D eigenvalue weighted by molar-refractivity contribution is 0.0968. The lowest BCUT2D eigenvalue weighted by Crippen LogP contribution is -2.24. The number of ketones is 1. The zero-order chi connectivity index (χ0) is 21.1. The first-order valence-corrected chi connectivity index (χ1v) is 10.4. The van der Waals surface area contributed by atoms with Gasteiger partial charge in [0, 0.05) is 18.0 Å². The zero-order valence-electron chi connectivity index (χ0n) is 16.1. The first-order valence-electron chi connectivity index (χ1n) is 9.60. The third-order valence-electron chi connectivity index (χ3n) is 4.89. The van der Waals surface area contributed by atoms with E-state index >= 15 is 0 Å². The van der Waals surface area contributed by atoms with Crippen LogP contribution in [-0.2, 0) is 0 Å². The molecule has 0 spiro atoms. The highest BCUT2D eigenvalue weighted by Crippen LogP contribution is 2.37. The molecule has 1 aliphatic heterocycles. The highest BCUT2D eigenvalue weighted by Gasteiger charge is 2.24. The highest BCUT2D eigenvalue weighted by molar-refractivity contribution is 7.18. The van der Waals surface area contributed by atoms with Crippen molar-refractivity contribution in [2.75, 3.05) is 6.54 Å². The molecule has 1 saturated heterocycles. The Morgan fingerprint density at radius 2 is 2.00 bits per heavy atom. The topological polar surface area (TPSA) is 94.3 Å². The number of hydrogen-bond donors (Lipinski definition) is 2. The van der Waals surface area contributed by atoms with Crippen LogP contribution < -0.4 is 15.8 Å². The molecule has 4 rings (SSSR count). The van der Waals surface area contributed by atoms with Gasteiger partial charge in [-0.2, -0.15) is 0 Å². The van der Waals surface area contributed by atoms with Gasteiger partial charge < -0.3 is 15.8 Å². The number of aromatic nitrogens is 1. The quantitative estimate of drug-likeness (QED) is 0.571. The number of ether oxygens (including phenoxy) is 1. The molecule has 3 N–H and O–H groups in total. The molecule has 0 radical (unpaired) electrons. The molecule has 1 aromatic heterocycles. The minimum Gasteiger partial charge on any atom is -0.410 e. The smallest absolute Gasteiger partial charge is 0.409 e. The predicted octanol–water partition coefficient (Wildman–Crippen LogP) is 4.40. The normalized spacial score (nSPS) is 15.8. The number of carbonyl (C=O) groups excluding carboxylic acids is 2. The molecule has 2 aromatic carbocycles. The van der Waals surface area contributed by atoms with Gasteiger partial charge >= 0.3 is 6.09 Å². The van der Waals surface area contributed by atoms with Gasteiger partial charge in [-0.15, -0.1) is 11.3 Å². The van der Waals surface area contributed by atoms with Crippen LogP contribution in [0.25, 0.3) is 21.0 Å². The van der Waals surface area contributed by atoms with E-state index in [0.29, 0.717) is 33.3 Å². The first-order chi connectivity index (χ1) is 14.5. The van der Waals surface area contributed by atoms with E-state index in [1.54, 1.807) is 30.3 Å². The lowest BCUT2D eigenvalue weighted by atomic mass is 10.0. The SMILES string of the molecule is NC(=O)Oc1cccc(-c2nc(C(=O)CC3CCCN3)c(-c3ccc(F)cc3)s2)c1. The Bertz CT molecular complexity index is 1080. The number of amides is 1. The molecule has 8 heteroatoms. The van der Waals surface area contributed by atoms with E-state index in [1.807, 2.05) is 6.07 Å². The van der Waals surface area contributed by atoms with Crippen molar-refractivity contribution in [2.24, 2.45) is 5.73 Å². The number of carbonyl (C=O) groups is 2. The summed E-state index contributed by atoms with van der Waals surface area (Å²) in [6, 6.07) is 12.9. The molecule has 1 atom stereocenters. The molecule has 0 bridgehead atoms. The first kappa shape index (κ1) is 20.2. The Labute approximate surface area is 176 Å². The van der Waals surface area contributed by atoms with Gasteiger partial charge in [-0.3, -0.25) is 4.79 Å². The summed E-state index contributed by atoms with van der Waals surface area (Å²) < 4.78 is 18.4. The minimum absolute atomic E-state index is 0.0548. The number of benzene rings is 2. The van der Waals surface area contributed by atoms with Crippen molar-refractivity contribution in [3.8, 4) is 26.8 Å². The third-order valence-corrected chi connectivity index (χ3v) is 6.04.